The first-order valence-electron chi connectivity index (χ1n) is 4.28. The number of aliphatic carboxylic acids is 1. The summed E-state index contributed by atoms with van der Waals surface area (Å²) in [5.41, 5.74) is 1.23. The summed E-state index contributed by atoms with van der Waals surface area (Å²) in [5, 5.41) is 8.30. The Bertz CT molecular complexity index is 382. The first-order chi connectivity index (χ1) is 7.24. The van der Waals surface area contributed by atoms with Crippen LogP contribution in [0, 0.1) is 0 Å². The van der Waals surface area contributed by atoms with E-state index in [4.69, 9.17) is 9.84 Å². The highest BCUT2D eigenvalue weighted by atomic mass is 16.5. The van der Waals surface area contributed by atoms with Crippen molar-refractivity contribution in [3.05, 3.63) is 41.7 Å². The molecule has 0 saturated heterocycles. The van der Waals surface area contributed by atoms with Gasteiger partial charge in [0.05, 0.1) is 6.26 Å². The lowest BCUT2D eigenvalue weighted by molar-refractivity contribution is -0.140. The smallest absolute Gasteiger partial charge is 0.341 e. The van der Waals surface area contributed by atoms with Gasteiger partial charge in [-0.3, -0.25) is 4.79 Å². The van der Waals surface area contributed by atoms with Crippen molar-refractivity contribution in [3.8, 4) is 0 Å². The van der Waals surface area contributed by atoms with E-state index in [9.17, 15) is 9.59 Å². The van der Waals surface area contributed by atoms with Crippen molar-refractivity contribution in [2.45, 2.75) is 0 Å². The van der Waals surface area contributed by atoms with Crippen molar-refractivity contribution in [2.75, 3.05) is 6.61 Å². The summed E-state index contributed by atoms with van der Waals surface area (Å²) < 4.78 is 4.70. The molecule has 0 heterocycles. The summed E-state index contributed by atoms with van der Waals surface area (Å²) in [6.45, 7) is -0.389. The summed E-state index contributed by atoms with van der Waals surface area (Å²) in [7, 11) is 0. The number of aldehydes is 1. The first-order valence-corrected chi connectivity index (χ1v) is 4.28. The van der Waals surface area contributed by atoms with Crippen molar-refractivity contribution >= 4 is 18.3 Å². The minimum Gasteiger partial charge on any atom is -0.489 e. The molecule has 1 aromatic rings. The van der Waals surface area contributed by atoms with E-state index >= 15 is 0 Å². The quantitative estimate of drug-likeness (QED) is 0.586. The number of benzene rings is 1. The molecule has 4 heteroatoms. The van der Waals surface area contributed by atoms with E-state index < -0.39 is 5.97 Å². The third-order valence-electron chi connectivity index (χ3n) is 1.67. The molecule has 0 aliphatic carbocycles. The number of hydrogen-bond donors (Lipinski definition) is 1. The Hall–Kier alpha value is -2.10. The second kappa shape index (κ2) is 5.59. The molecule has 1 aromatic carbocycles. The number of hydrogen-bond acceptors (Lipinski definition) is 3. The molecule has 4 nitrogen and oxygen atoms in total. The highest BCUT2D eigenvalue weighted by molar-refractivity contribution is 5.81. The van der Waals surface area contributed by atoms with Crippen LogP contribution in [-0.4, -0.2) is 24.0 Å². The molecule has 0 spiro atoms. The lowest BCUT2D eigenvalue weighted by atomic mass is 10.1. The highest BCUT2D eigenvalue weighted by Crippen LogP contribution is 2.07. The molecular formula is C11H10O4. The molecule has 15 heavy (non-hydrogen) atoms. The third kappa shape index (κ3) is 3.64. The van der Waals surface area contributed by atoms with Gasteiger partial charge in [-0.2, -0.15) is 0 Å². The fraction of sp³-hybridized carbons (Fsp3) is 0.0909. The van der Waals surface area contributed by atoms with Crippen LogP contribution in [0.25, 0.3) is 6.08 Å². The monoisotopic (exact) mass is 206 g/mol. The number of carbonyl (C=O) groups excluding carboxylic acids is 1. The zero-order valence-electron chi connectivity index (χ0n) is 7.92. The number of carboxylic acids is 1. The SMILES string of the molecule is O=Cc1ccccc1C=COCC(=O)O. The standard InChI is InChI=1S/C11H10O4/c12-7-10-4-2-1-3-9(10)5-6-15-8-11(13)14/h1-7H,8H2,(H,13,14). The molecule has 0 aliphatic rings. The van der Waals surface area contributed by atoms with Gasteiger partial charge in [0.15, 0.2) is 12.9 Å². The van der Waals surface area contributed by atoms with Crippen LogP contribution in [0.2, 0.25) is 0 Å². The molecule has 0 aliphatic heterocycles. The van der Waals surface area contributed by atoms with Gasteiger partial charge in [0, 0.05) is 5.56 Å². The van der Waals surface area contributed by atoms with Crippen molar-refractivity contribution in [2.24, 2.45) is 0 Å². The predicted octanol–water partition coefficient (Wildman–Crippen LogP) is 1.57. The van der Waals surface area contributed by atoms with Crippen LogP contribution in [-0.2, 0) is 9.53 Å². The minimum atomic E-state index is -1.04. The Kier molecular flexibility index (Phi) is 4.09. The van der Waals surface area contributed by atoms with E-state index in [1.165, 1.54) is 6.26 Å². The van der Waals surface area contributed by atoms with Crippen molar-refractivity contribution in [1.82, 2.24) is 0 Å². The molecule has 0 radical (unpaired) electrons. The second-order valence-electron chi connectivity index (χ2n) is 2.75. The van der Waals surface area contributed by atoms with Crippen molar-refractivity contribution in [1.29, 1.82) is 0 Å². The van der Waals surface area contributed by atoms with Crippen LogP contribution in [0.1, 0.15) is 15.9 Å². The average molecular weight is 206 g/mol. The molecule has 0 amide bonds. The molecule has 0 unspecified atom stereocenters. The van der Waals surface area contributed by atoms with Crippen molar-refractivity contribution in [3.63, 3.8) is 0 Å². The molecule has 0 saturated carbocycles. The average Bonchev–Trinajstić information content (AvgIpc) is 2.24. The molecule has 0 bridgehead atoms. The molecular weight excluding hydrogens is 196 g/mol. The summed E-state index contributed by atoms with van der Waals surface area (Å²) >= 11 is 0. The Morgan fingerprint density at radius 2 is 2.00 bits per heavy atom. The molecule has 78 valence electrons. The highest BCUT2D eigenvalue weighted by Gasteiger charge is 1.96. The Labute approximate surface area is 86.8 Å². The van der Waals surface area contributed by atoms with Crippen LogP contribution in [0.15, 0.2) is 30.5 Å². The first kappa shape index (κ1) is 11.0. The molecule has 1 N–H and O–H groups in total. The Morgan fingerprint density at radius 3 is 2.60 bits per heavy atom. The Morgan fingerprint density at radius 1 is 1.33 bits per heavy atom. The maximum absolute atomic E-state index is 10.6. The van der Waals surface area contributed by atoms with Gasteiger partial charge in [-0.05, 0) is 11.6 Å². The fourth-order valence-corrected chi connectivity index (χ4v) is 1.01. The summed E-state index contributed by atoms with van der Waals surface area (Å²) in [6, 6.07) is 6.94. The van der Waals surface area contributed by atoms with Crippen LogP contribution in [0.3, 0.4) is 0 Å². The number of carbonyl (C=O) groups is 2. The van der Waals surface area contributed by atoms with Gasteiger partial charge in [-0.15, -0.1) is 0 Å². The number of rotatable bonds is 5. The van der Waals surface area contributed by atoms with Gasteiger partial charge in [0.2, 0.25) is 0 Å². The topological polar surface area (TPSA) is 63.6 Å². The molecule has 0 fully saturated rings. The van der Waals surface area contributed by atoms with E-state index in [0.29, 0.717) is 11.1 Å². The largest absolute Gasteiger partial charge is 0.489 e. The van der Waals surface area contributed by atoms with E-state index in [2.05, 4.69) is 0 Å². The lowest BCUT2D eigenvalue weighted by Gasteiger charge is -1.98. The zero-order chi connectivity index (χ0) is 11.1. The summed E-state index contributed by atoms with van der Waals surface area (Å²) in [6.07, 6.45) is 3.54. The second-order valence-corrected chi connectivity index (χ2v) is 2.75. The van der Waals surface area contributed by atoms with E-state index in [1.807, 2.05) is 0 Å². The fourth-order valence-electron chi connectivity index (χ4n) is 1.01. The van der Waals surface area contributed by atoms with Gasteiger partial charge in [0.25, 0.3) is 0 Å². The summed E-state index contributed by atoms with van der Waals surface area (Å²) in [5.74, 6) is -1.04. The molecule has 0 atom stereocenters. The number of carboxylic acid groups (broad SMARTS) is 1. The predicted molar refractivity (Wildman–Crippen MR) is 54.5 cm³/mol. The van der Waals surface area contributed by atoms with E-state index in [-0.39, 0.29) is 6.61 Å². The maximum Gasteiger partial charge on any atom is 0.341 e. The van der Waals surface area contributed by atoms with Crippen molar-refractivity contribution < 1.29 is 19.4 Å². The van der Waals surface area contributed by atoms with Gasteiger partial charge in [0.1, 0.15) is 0 Å². The summed E-state index contributed by atoms with van der Waals surface area (Å²) in [4.78, 5) is 20.7. The van der Waals surface area contributed by atoms with E-state index in [1.54, 1.807) is 30.3 Å². The zero-order valence-corrected chi connectivity index (χ0v) is 7.92. The molecule has 0 aromatic heterocycles. The van der Waals surface area contributed by atoms with Crippen LogP contribution >= 0.6 is 0 Å². The van der Waals surface area contributed by atoms with Crippen LogP contribution < -0.4 is 0 Å². The maximum atomic E-state index is 10.6. The van der Waals surface area contributed by atoms with Gasteiger partial charge < -0.3 is 9.84 Å². The lowest BCUT2D eigenvalue weighted by Crippen LogP contribution is -2.02. The van der Waals surface area contributed by atoms with Gasteiger partial charge >= 0.3 is 5.97 Å². The third-order valence-corrected chi connectivity index (χ3v) is 1.67. The normalized spacial score (nSPS) is 10.1. The van der Waals surface area contributed by atoms with Gasteiger partial charge in [-0.25, -0.2) is 4.79 Å². The van der Waals surface area contributed by atoms with Gasteiger partial charge in [-0.1, -0.05) is 24.3 Å². The van der Waals surface area contributed by atoms with E-state index in [0.717, 1.165) is 6.29 Å². The Balaban J connectivity index is 2.63. The van der Waals surface area contributed by atoms with Crippen LogP contribution in [0.5, 0.6) is 0 Å². The minimum absolute atomic E-state index is 0.389. The number of ether oxygens (including phenoxy) is 1. The molecule has 1 rings (SSSR count). The van der Waals surface area contributed by atoms with Crippen LogP contribution in [0.4, 0.5) is 0 Å².